The predicted octanol–water partition coefficient (Wildman–Crippen LogP) is -0.0520. The molecule has 0 N–H and O–H groups in total. The van der Waals surface area contributed by atoms with Crippen LogP contribution in [0.3, 0.4) is 0 Å². The van der Waals surface area contributed by atoms with Gasteiger partial charge in [0.15, 0.2) is 0 Å². The van der Waals surface area contributed by atoms with Crippen molar-refractivity contribution in [1.29, 1.82) is 0 Å². The van der Waals surface area contributed by atoms with Gasteiger partial charge in [-0.15, -0.1) is 0 Å². The van der Waals surface area contributed by atoms with Crippen LogP contribution in [0.15, 0.2) is 30.6 Å². The molecule has 0 aliphatic heterocycles. The maximum atomic E-state index is 13.4. The molecule has 3 nitrogen and oxygen atoms in total. The average Bonchev–Trinajstić information content (AvgIpc) is 2.81. The number of aromatic nitrogens is 2. The first-order chi connectivity index (χ1) is 9.69. The number of methoxy groups -OCH3 is 1. The second kappa shape index (κ2) is 8.17. The van der Waals surface area contributed by atoms with Crippen molar-refractivity contribution in [2.24, 2.45) is 0 Å². The first-order valence-corrected chi connectivity index (χ1v) is 7.09. The lowest BCUT2D eigenvalue weighted by Gasteiger charge is -2.08. The Bertz CT molecular complexity index is 584. The summed E-state index contributed by atoms with van der Waals surface area (Å²) in [6.45, 7) is 5.94. The van der Waals surface area contributed by atoms with Crippen LogP contribution in [-0.4, -0.2) is 11.7 Å². The second-order valence-corrected chi connectivity index (χ2v) is 4.85. The van der Waals surface area contributed by atoms with E-state index in [1.807, 2.05) is 0 Å². The van der Waals surface area contributed by atoms with Gasteiger partial charge in [0.05, 0.1) is 13.7 Å². The number of hydrogen-bond donors (Lipinski definition) is 0. The van der Waals surface area contributed by atoms with Gasteiger partial charge in [-0.05, 0) is 24.6 Å². The van der Waals surface area contributed by atoms with Gasteiger partial charge in [0.2, 0.25) is 0 Å². The highest BCUT2D eigenvalue weighted by Crippen LogP contribution is 2.19. The smallest absolute Gasteiger partial charge is 0.256 e. The van der Waals surface area contributed by atoms with Crippen molar-refractivity contribution in [3.05, 3.63) is 47.8 Å². The van der Waals surface area contributed by atoms with Crippen molar-refractivity contribution >= 4 is 0 Å². The summed E-state index contributed by atoms with van der Waals surface area (Å²) >= 11 is 0. The van der Waals surface area contributed by atoms with E-state index in [9.17, 15) is 4.39 Å². The Morgan fingerprint density at radius 3 is 2.67 bits per heavy atom. The molecule has 0 aliphatic rings. The molecular formula is C16H22BrFN2O. The molecule has 0 saturated carbocycles. The molecular weight excluding hydrogens is 335 g/mol. The quantitative estimate of drug-likeness (QED) is 0.663. The van der Waals surface area contributed by atoms with Crippen LogP contribution in [0.2, 0.25) is 0 Å². The lowest BCUT2D eigenvalue weighted by molar-refractivity contribution is -0.695. The summed E-state index contributed by atoms with van der Waals surface area (Å²) in [5, 5.41) is 0. The number of halogens is 2. The van der Waals surface area contributed by atoms with Gasteiger partial charge in [-0.2, -0.15) is 0 Å². The van der Waals surface area contributed by atoms with E-state index in [0.717, 1.165) is 30.7 Å². The Morgan fingerprint density at radius 2 is 2.05 bits per heavy atom. The number of benzene rings is 1. The van der Waals surface area contributed by atoms with Crippen molar-refractivity contribution in [1.82, 2.24) is 4.57 Å². The van der Waals surface area contributed by atoms with Gasteiger partial charge in [-0.1, -0.05) is 13.8 Å². The van der Waals surface area contributed by atoms with E-state index in [-0.39, 0.29) is 22.8 Å². The minimum Gasteiger partial charge on any atom is -1.00 e. The topological polar surface area (TPSA) is 18.0 Å². The fraction of sp³-hybridized carbons (Fsp3) is 0.438. The molecule has 116 valence electrons. The highest BCUT2D eigenvalue weighted by atomic mass is 79.9. The summed E-state index contributed by atoms with van der Waals surface area (Å²) in [5.41, 5.74) is 0.862. The number of aryl methyl sites for hydroxylation is 1. The minimum atomic E-state index is -0.229. The number of imidazole rings is 1. The fourth-order valence-electron chi connectivity index (χ4n) is 2.55. The molecule has 0 bridgehead atoms. The summed E-state index contributed by atoms with van der Waals surface area (Å²) < 4.78 is 23.2. The van der Waals surface area contributed by atoms with E-state index in [2.05, 4.69) is 35.4 Å². The van der Waals surface area contributed by atoms with E-state index in [1.54, 1.807) is 19.2 Å². The summed E-state index contributed by atoms with van der Waals surface area (Å²) in [5.74, 6) is 1.75. The van der Waals surface area contributed by atoms with Gasteiger partial charge < -0.3 is 21.7 Å². The van der Waals surface area contributed by atoms with Crippen LogP contribution in [0.1, 0.15) is 31.7 Å². The zero-order chi connectivity index (χ0) is 14.5. The molecule has 5 heteroatoms. The van der Waals surface area contributed by atoms with Crippen LogP contribution >= 0.6 is 0 Å². The molecule has 2 rings (SSSR count). The zero-order valence-corrected chi connectivity index (χ0v) is 14.4. The van der Waals surface area contributed by atoms with Crippen molar-refractivity contribution in [3.8, 4) is 5.75 Å². The third kappa shape index (κ3) is 4.06. The van der Waals surface area contributed by atoms with Crippen molar-refractivity contribution in [3.63, 3.8) is 0 Å². The Labute approximate surface area is 136 Å². The Balaban J connectivity index is 0.00000220. The van der Waals surface area contributed by atoms with Crippen LogP contribution in [0, 0.1) is 5.82 Å². The van der Waals surface area contributed by atoms with Crippen molar-refractivity contribution in [2.45, 2.75) is 39.8 Å². The standard InChI is InChI=1S/C16H22FN2O.BrH/c1-4-8-18-9-10-19(16(18)5-2)12-13-11-14(17)6-7-15(13)20-3;/h6-7,9-11H,4-5,8,12H2,1-3H3;1H/q+1;/p-1. The SMILES string of the molecule is CCCn1cc[n+](Cc2cc(F)ccc2OC)c1CC.[Br-]. The summed E-state index contributed by atoms with van der Waals surface area (Å²) in [6.07, 6.45) is 6.20. The van der Waals surface area contributed by atoms with Gasteiger partial charge in [0.25, 0.3) is 5.82 Å². The van der Waals surface area contributed by atoms with Gasteiger partial charge in [-0.25, -0.2) is 13.5 Å². The summed E-state index contributed by atoms with van der Waals surface area (Å²) in [7, 11) is 1.62. The molecule has 0 atom stereocenters. The van der Waals surface area contributed by atoms with E-state index < -0.39 is 0 Å². The first kappa shape index (κ1) is 17.7. The molecule has 0 saturated heterocycles. The first-order valence-electron chi connectivity index (χ1n) is 7.09. The molecule has 2 aromatic rings. The van der Waals surface area contributed by atoms with Gasteiger partial charge >= 0.3 is 0 Å². The largest absolute Gasteiger partial charge is 1.00 e. The van der Waals surface area contributed by atoms with E-state index >= 15 is 0 Å². The normalized spacial score (nSPS) is 10.3. The number of nitrogens with zero attached hydrogens (tertiary/aromatic N) is 2. The molecule has 0 aliphatic carbocycles. The van der Waals surface area contributed by atoms with Crippen molar-refractivity contribution in [2.75, 3.05) is 7.11 Å². The lowest BCUT2D eigenvalue weighted by Crippen LogP contribution is -3.00. The Hall–Kier alpha value is -1.36. The van der Waals surface area contributed by atoms with E-state index in [0.29, 0.717) is 6.54 Å². The molecule has 0 unspecified atom stereocenters. The van der Waals surface area contributed by atoms with Gasteiger partial charge in [0.1, 0.15) is 30.5 Å². The predicted molar refractivity (Wildman–Crippen MR) is 76.4 cm³/mol. The molecule has 0 amide bonds. The third-order valence-electron chi connectivity index (χ3n) is 3.45. The molecule has 1 aromatic heterocycles. The zero-order valence-electron chi connectivity index (χ0n) is 12.8. The fourth-order valence-corrected chi connectivity index (χ4v) is 2.55. The van der Waals surface area contributed by atoms with Crippen LogP contribution in [0.5, 0.6) is 5.75 Å². The van der Waals surface area contributed by atoms with E-state index in [4.69, 9.17) is 4.74 Å². The molecule has 0 radical (unpaired) electrons. The second-order valence-electron chi connectivity index (χ2n) is 4.85. The lowest BCUT2D eigenvalue weighted by atomic mass is 10.2. The van der Waals surface area contributed by atoms with Crippen LogP contribution in [0.25, 0.3) is 0 Å². The van der Waals surface area contributed by atoms with Gasteiger partial charge in [0, 0.05) is 12.0 Å². The average molecular weight is 357 g/mol. The Kier molecular flexibility index (Phi) is 6.89. The molecule has 0 spiro atoms. The van der Waals surface area contributed by atoms with Crippen molar-refractivity contribution < 1.29 is 30.7 Å². The number of rotatable bonds is 6. The molecule has 0 fully saturated rings. The molecule has 1 heterocycles. The van der Waals surface area contributed by atoms with Gasteiger partial charge in [-0.3, -0.25) is 0 Å². The number of ether oxygens (including phenoxy) is 1. The molecule has 1 aromatic carbocycles. The summed E-state index contributed by atoms with van der Waals surface area (Å²) in [6, 6.07) is 4.65. The minimum absolute atomic E-state index is 0. The third-order valence-corrected chi connectivity index (χ3v) is 3.45. The maximum absolute atomic E-state index is 13.4. The molecule has 21 heavy (non-hydrogen) atoms. The maximum Gasteiger partial charge on any atom is 0.256 e. The monoisotopic (exact) mass is 356 g/mol. The summed E-state index contributed by atoms with van der Waals surface area (Å²) in [4.78, 5) is 0. The Morgan fingerprint density at radius 1 is 1.29 bits per heavy atom. The van der Waals surface area contributed by atoms with Crippen LogP contribution in [-0.2, 0) is 19.5 Å². The van der Waals surface area contributed by atoms with E-state index in [1.165, 1.54) is 11.9 Å². The van der Waals surface area contributed by atoms with Crippen LogP contribution < -0.4 is 26.3 Å². The highest BCUT2D eigenvalue weighted by Gasteiger charge is 2.16. The number of hydrogen-bond acceptors (Lipinski definition) is 1. The van der Waals surface area contributed by atoms with Crippen LogP contribution in [0.4, 0.5) is 4.39 Å². The highest BCUT2D eigenvalue weighted by molar-refractivity contribution is 5.33.